The number of hydrogen-bond acceptors (Lipinski definition) is 15. The second-order valence-electron chi connectivity index (χ2n) is 9.22. The van der Waals surface area contributed by atoms with Crippen molar-refractivity contribution in [2.45, 2.75) is 71.0 Å². The molecule has 0 N–H and O–H groups in total. The highest BCUT2D eigenvalue weighted by molar-refractivity contribution is 5.89. The molecule has 0 radical (unpaired) electrons. The highest BCUT2D eigenvalue weighted by Crippen LogP contribution is 2.40. The molecule has 0 aromatic carbocycles. The number of ether oxygens (including phenoxy) is 10. The molecule has 3 aliphatic rings. The first-order valence-corrected chi connectivity index (χ1v) is 12.7. The zero-order chi connectivity index (χ0) is 30.3. The van der Waals surface area contributed by atoms with Crippen LogP contribution in [-0.4, -0.2) is 100 Å². The molecule has 0 aromatic rings. The van der Waals surface area contributed by atoms with Crippen LogP contribution in [0.4, 0.5) is 0 Å². The Kier molecular flexibility index (Phi) is 11.2. The summed E-state index contributed by atoms with van der Waals surface area (Å²) in [5.41, 5.74) is 0.102. The largest absolute Gasteiger partial charge is 0.471 e. The highest BCUT2D eigenvalue weighted by Gasteiger charge is 2.55. The minimum Gasteiger partial charge on any atom is -0.471 e. The predicted octanol–water partition coefficient (Wildman–Crippen LogP) is 0.291. The molecule has 228 valence electrons. The van der Waals surface area contributed by atoms with Gasteiger partial charge in [0.25, 0.3) is 0 Å². The lowest BCUT2D eigenvalue weighted by Crippen LogP contribution is -2.63. The summed E-state index contributed by atoms with van der Waals surface area (Å²) < 4.78 is 55.4. The Hall–Kier alpha value is -3.53. The molecule has 8 atom stereocenters. The Bertz CT molecular complexity index is 1030. The van der Waals surface area contributed by atoms with Gasteiger partial charge in [-0.15, -0.1) is 6.58 Å². The van der Waals surface area contributed by atoms with Crippen molar-refractivity contribution in [2.24, 2.45) is 11.8 Å². The van der Waals surface area contributed by atoms with Crippen LogP contribution in [0.25, 0.3) is 0 Å². The van der Waals surface area contributed by atoms with Crippen LogP contribution in [-0.2, 0) is 71.3 Å². The van der Waals surface area contributed by atoms with Gasteiger partial charge >= 0.3 is 29.8 Å². The Morgan fingerprint density at radius 2 is 1.46 bits per heavy atom. The summed E-state index contributed by atoms with van der Waals surface area (Å²) in [7, 11) is 1.21. The molecule has 2 saturated heterocycles. The van der Waals surface area contributed by atoms with Crippen LogP contribution in [0, 0.1) is 11.8 Å². The van der Waals surface area contributed by atoms with E-state index in [1.54, 1.807) is 0 Å². The van der Waals surface area contributed by atoms with E-state index in [1.807, 2.05) is 0 Å². The van der Waals surface area contributed by atoms with Crippen LogP contribution < -0.4 is 0 Å². The average molecular weight is 587 g/mol. The lowest BCUT2D eigenvalue weighted by Gasteiger charge is -2.46. The van der Waals surface area contributed by atoms with E-state index in [-0.39, 0.29) is 18.8 Å². The van der Waals surface area contributed by atoms with Gasteiger partial charge in [0.2, 0.25) is 12.6 Å². The van der Waals surface area contributed by atoms with Crippen LogP contribution in [0.15, 0.2) is 24.5 Å². The van der Waals surface area contributed by atoms with Crippen LogP contribution in [0.3, 0.4) is 0 Å². The molecule has 3 aliphatic heterocycles. The first-order chi connectivity index (χ1) is 19.5. The van der Waals surface area contributed by atoms with Crippen molar-refractivity contribution < 1.29 is 71.3 Å². The van der Waals surface area contributed by atoms with Crippen LogP contribution in [0.5, 0.6) is 0 Å². The van der Waals surface area contributed by atoms with Gasteiger partial charge in [-0.1, -0.05) is 6.08 Å². The van der Waals surface area contributed by atoms with E-state index in [9.17, 15) is 24.0 Å². The summed E-state index contributed by atoms with van der Waals surface area (Å²) in [6, 6.07) is 0. The van der Waals surface area contributed by atoms with E-state index in [1.165, 1.54) is 13.2 Å². The van der Waals surface area contributed by atoms with Gasteiger partial charge in [-0.05, 0) is 0 Å². The van der Waals surface area contributed by atoms with Gasteiger partial charge in [-0.3, -0.25) is 19.2 Å². The molecule has 3 rings (SSSR count). The molecule has 0 saturated carbocycles. The quantitative estimate of drug-likeness (QED) is 0.194. The average Bonchev–Trinajstić information content (AvgIpc) is 3.44. The number of rotatable bonds is 10. The predicted molar refractivity (Wildman–Crippen MR) is 131 cm³/mol. The zero-order valence-corrected chi connectivity index (χ0v) is 23.3. The summed E-state index contributed by atoms with van der Waals surface area (Å²) in [5.74, 6) is -5.31. The van der Waals surface area contributed by atoms with Crippen molar-refractivity contribution in [2.75, 3.05) is 26.9 Å². The van der Waals surface area contributed by atoms with Gasteiger partial charge in [-0.25, -0.2) is 4.79 Å². The number of methoxy groups -OCH3 is 1. The lowest BCUT2D eigenvalue weighted by atomic mass is 9.83. The molecule has 15 nitrogen and oxygen atoms in total. The third kappa shape index (κ3) is 8.03. The molecule has 0 aliphatic carbocycles. The van der Waals surface area contributed by atoms with Gasteiger partial charge in [0.15, 0.2) is 24.6 Å². The number of esters is 5. The zero-order valence-electron chi connectivity index (χ0n) is 23.3. The topological polar surface area (TPSA) is 178 Å². The van der Waals surface area contributed by atoms with Gasteiger partial charge in [-0.2, -0.15) is 0 Å². The summed E-state index contributed by atoms with van der Waals surface area (Å²) in [6.45, 7) is 8.44. The van der Waals surface area contributed by atoms with Crippen LogP contribution in [0.1, 0.15) is 27.7 Å². The van der Waals surface area contributed by atoms with Crippen LogP contribution in [0.2, 0.25) is 0 Å². The fraction of sp³-hybridized carbons (Fsp3) is 0.654. The second kappa shape index (κ2) is 14.4. The Labute approximate surface area is 235 Å². The van der Waals surface area contributed by atoms with Gasteiger partial charge in [0, 0.05) is 27.7 Å². The van der Waals surface area contributed by atoms with Crippen molar-refractivity contribution in [3.8, 4) is 0 Å². The molecule has 0 aromatic heterocycles. The Morgan fingerprint density at radius 1 is 0.878 bits per heavy atom. The Balaban J connectivity index is 2.00. The molecule has 0 unspecified atom stereocenters. The molecular formula is C26H34O15. The maximum absolute atomic E-state index is 12.5. The number of carbonyl (C=O) groups excluding carboxylic acids is 5. The van der Waals surface area contributed by atoms with E-state index in [2.05, 4.69) is 6.58 Å². The van der Waals surface area contributed by atoms with Gasteiger partial charge in [0.05, 0.1) is 44.0 Å². The van der Waals surface area contributed by atoms with E-state index in [0.717, 1.165) is 34.0 Å². The molecule has 3 heterocycles. The maximum Gasteiger partial charge on any atom is 0.337 e. The first-order valence-electron chi connectivity index (χ1n) is 12.7. The smallest absolute Gasteiger partial charge is 0.337 e. The minimum atomic E-state index is -1.53. The minimum absolute atomic E-state index is 0.102. The highest BCUT2D eigenvalue weighted by atomic mass is 16.8. The number of hydrogen-bond donors (Lipinski definition) is 0. The third-order valence-electron chi connectivity index (χ3n) is 6.27. The third-order valence-corrected chi connectivity index (χ3v) is 6.27. The fourth-order valence-corrected chi connectivity index (χ4v) is 4.71. The van der Waals surface area contributed by atoms with Crippen molar-refractivity contribution in [1.82, 2.24) is 0 Å². The SMILES string of the molecule is C=C[C@H]1[C@H](O[C@H]2O[C@@H](COC(C)=O)[C@H](OC(C)=O)[C@@H](OC(C)=O)[C@@H]2OC(C)=O)OC=C(C(=O)OC)[C@@H]1C1OCCO1. The second-order valence-corrected chi connectivity index (χ2v) is 9.22. The van der Waals surface area contributed by atoms with Crippen molar-refractivity contribution >= 4 is 29.8 Å². The van der Waals surface area contributed by atoms with Gasteiger partial charge < -0.3 is 47.4 Å². The monoisotopic (exact) mass is 586 g/mol. The van der Waals surface area contributed by atoms with E-state index in [4.69, 9.17) is 47.4 Å². The fourth-order valence-electron chi connectivity index (χ4n) is 4.71. The van der Waals surface area contributed by atoms with E-state index < -0.39 is 91.6 Å². The summed E-state index contributed by atoms with van der Waals surface area (Å²) in [5, 5.41) is 0. The molecule has 0 spiro atoms. The standard InChI is InChI=1S/C26H34O15/c1-7-16-19(25-33-8-9-34-25)17(23(31)32-6)10-36-24(16)41-26-22(39-15(5)30)21(38-14(4)29)20(37-13(3)28)18(40-26)11-35-12(2)27/h7,10,16,18-22,24-26H,1,8-9,11H2,2-6H3/t16-,18+,19-,20+,21-,22+,24+,26-/m1/s1. The lowest BCUT2D eigenvalue weighted by molar-refractivity contribution is -0.343. The first kappa shape index (κ1) is 32.0. The van der Waals surface area contributed by atoms with E-state index in [0.29, 0.717) is 0 Å². The Morgan fingerprint density at radius 3 is 2.00 bits per heavy atom. The number of carbonyl (C=O) groups is 5. The summed E-state index contributed by atoms with van der Waals surface area (Å²) in [6.07, 6.45) is -6.54. The molecule has 0 amide bonds. The molecule has 2 fully saturated rings. The molecule has 41 heavy (non-hydrogen) atoms. The summed E-state index contributed by atoms with van der Waals surface area (Å²) >= 11 is 0. The van der Waals surface area contributed by atoms with Crippen molar-refractivity contribution in [1.29, 1.82) is 0 Å². The molecule has 0 bridgehead atoms. The van der Waals surface area contributed by atoms with Gasteiger partial charge in [0.1, 0.15) is 12.7 Å². The van der Waals surface area contributed by atoms with E-state index >= 15 is 0 Å². The molecular weight excluding hydrogens is 552 g/mol. The summed E-state index contributed by atoms with van der Waals surface area (Å²) in [4.78, 5) is 60.2. The van der Waals surface area contributed by atoms with Crippen molar-refractivity contribution in [3.63, 3.8) is 0 Å². The maximum atomic E-state index is 12.5. The molecule has 15 heteroatoms. The van der Waals surface area contributed by atoms with Crippen LogP contribution >= 0.6 is 0 Å². The van der Waals surface area contributed by atoms with Crippen molar-refractivity contribution in [3.05, 3.63) is 24.5 Å². The normalized spacial score (nSPS) is 31.6.